The monoisotopic (exact) mass is 494 g/mol. The van der Waals surface area contributed by atoms with Crippen molar-refractivity contribution < 1.29 is 24.5 Å². The van der Waals surface area contributed by atoms with Gasteiger partial charge in [0, 0.05) is 23.1 Å². The quantitative estimate of drug-likeness (QED) is 0.278. The molecule has 3 N–H and O–H groups in total. The second-order valence-electron chi connectivity index (χ2n) is 9.97. The molecule has 0 unspecified atom stereocenters. The Morgan fingerprint density at radius 2 is 2.06 bits per heavy atom. The van der Waals surface area contributed by atoms with E-state index in [1.165, 1.54) is 0 Å². The summed E-state index contributed by atoms with van der Waals surface area (Å²) >= 11 is 0. The fourth-order valence-electron chi connectivity index (χ4n) is 4.93. The SMILES string of the molecule is C=C1OCc2c(cc3n(c2=O)Cc2c-3nc3ccc(O)cc3c2COCC[Si](C)(C)O)[C@@]1(O)CC. The number of ether oxygens (including phenoxy) is 2. The lowest BCUT2D eigenvalue weighted by atomic mass is 9.84. The molecular weight excluding hydrogens is 464 g/mol. The number of aromatic nitrogens is 2. The summed E-state index contributed by atoms with van der Waals surface area (Å²) in [5.41, 5.74) is 2.94. The lowest BCUT2D eigenvalue weighted by molar-refractivity contribution is -0.0172. The Kier molecular flexibility index (Phi) is 5.63. The first kappa shape index (κ1) is 23.7. The highest BCUT2D eigenvalue weighted by atomic mass is 28.4. The van der Waals surface area contributed by atoms with Crippen molar-refractivity contribution >= 4 is 19.2 Å². The maximum atomic E-state index is 13.5. The highest BCUT2D eigenvalue weighted by Crippen LogP contribution is 2.43. The third-order valence-corrected chi connectivity index (χ3v) is 8.49. The Bertz CT molecular complexity index is 1420. The average molecular weight is 495 g/mol. The Morgan fingerprint density at radius 1 is 1.29 bits per heavy atom. The van der Waals surface area contributed by atoms with Gasteiger partial charge in [0.15, 0.2) is 8.32 Å². The minimum absolute atomic E-state index is 0.0615. The summed E-state index contributed by atoms with van der Waals surface area (Å²) in [4.78, 5) is 28.5. The van der Waals surface area contributed by atoms with Gasteiger partial charge in [-0.3, -0.25) is 4.79 Å². The summed E-state index contributed by atoms with van der Waals surface area (Å²) in [6, 6.07) is 7.43. The first-order valence-corrected chi connectivity index (χ1v) is 15.0. The van der Waals surface area contributed by atoms with Gasteiger partial charge in [-0.25, -0.2) is 4.98 Å². The number of phenolic OH excluding ortho intramolecular Hbond substituents is 1. The molecule has 3 aromatic rings. The van der Waals surface area contributed by atoms with E-state index < -0.39 is 13.9 Å². The first-order valence-electron chi connectivity index (χ1n) is 11.8. The minimum atomic E-state index is -2.24. The van der Waals surface area contributed by atoms with Crippen LogP contribution in [0.5, 0.6) is 5.75 Å². The third kappa shape index (κ3) is 3.88. The van der Waals surface area contributed by atoms with Crippen molar-refractivity contribution in [1.29, 1.82) is 0 Å². The molecule has 0 fully saturated rings. The number of hydrogen-bond donors (Lipinski definition) is 3. The maximum absolute atomic E-state index is 13.5. The van der Waals surface area contributed by atoms with Crippen LogP contribution in [0.2, 0.25) is 19.1 Å². The Hall–Kier alpha value is -2.98. The zero-order valence-corrected chi connectivity index (χ0v) is 21.2. The van der Waals surface area contributed by atoms with Crippen LogP contribution in [-0.2, 0) is 34.8 Å². The highest BCUT2D eigenvalue weighted by molar-refractivity contribution is 6.69. The molecule has 9 heteroatoms. The number of aliphatic hydroxyl groups is 1. The molecule has 35 heavy (non-hydrogen) atoms. The van der Waals surface area contributed by atoms with Gasteiger partial charge in [0.2, 0.25) is 0 Å². The van der Waals surface area contributed by atoms with Crippen LogP contribution in [0.25, 0.3) is 22.3 Å². The van der Waals surface area contributed by atoms with E-state index in [1.54, 1.807) is 22.8 Å². The van der Waals surface area contributed by atoms with Gasteiger partial charge in [-0.1, -0.05) is 13.5 Å². The molecule has 0 amide bonds. The van der Waals surface area contributed by atoms with Crippen LogP contribution < -0.4 is 5.56 Å². The normalized spacial score (nSPS) is 18.8. The van der Waals surface area contributed by atoms with Gasteiger partial charge in [0.25, 0.3) is 5.56 Å². The number of pyridine rings is 2. The van der Waals surface area contributed by atoms with Crippen molar-refractivity contribution in [1.82, 2.24) is 9.55 Å². The lowest BCUT2D eigenvalue weighted by Gasteiger charge is -2.35. The summed E-state index contributed by atoms with van der Waals surface area (Å²) in [6.45, 7) is 10.5. The molecule has 0 saturated heterocycles. The number of benzene rings is 1. The topological polar surface area (TPSA) is 114 Å². The molecule has 0 radical (unpaired) electrons. The molecular formula is C26H30N2O6Si. The first-order chi connectivity index (χ1) is 16.5. The number of phenols is 1. The van der Waals surface area contributed by atoms with Crippen molar-refractivity contribution in [3.8, 4) is 17.1 Å². The Balaban J connectivity index is 1.66. The smallest absolute Gasteiger partial charge is 0.258 e. The predicted octanol–water partition coefficient (Wildman–Crippen LogP) is 3.49. The fraction of sp³-hybridized carbons (Fsp3) is 0.385. The minimum Gasteiger partial charge on any atom is -0.508 e. The molecule has 0 spiro atoms. The number of nitrogens with zero attached hydrogens (tertiary/aromatic N) is 2. The van der Waals surface area contributed by atoms with Gasteiger partial charge in [0.05, 0.1) is 35.6 Å². The van der Waals surface area contributed by atoms with Crippen LogP contribution in [0, 0.1) is 0 Å². The van der Waals surface area contributed by atoms with E-state index in [0.29, 0.717) is 53.6 Å². The number of rotatable bonds is 6. The lowest BCUT2D eigenvalue weighted by Crippen LogP contribution is -2.38. The van der Waals surface area contributed by atoms with Crippen LogP contribution in [-0.4, -0.2) is 39.5 Å². The van der Waals surface area contributed by atoms with Crippen LogP contribution in [0.3, 0.4) is 0 Å². The van der Waals surface area contributed by atoms with E-state index in [1.807, 2.05) is 26.1 Å². The van der Waals surface area contributed by atoms with Crippen molar-refractivity contribution in [2.24, 2.45) is 0 Å². The van der Waals surface area contributed by atoms with Gasteiger partial charge in [0.1, 0.15) is 23.7 Å². The van der Waals surface area contributed by atoms with E-state index in [4.69, 9.17) is 14.5 Å². The second kappa shape index (κ2) is 8.30. The van der Waals surface area contributed by atoms with Crippen molar-refractivity contribution in [2.75, 3.05) is 6.61 Å². The molecule has 2 aliphatic rings. The van der Waals surface area contributed by atoms with Gasteiger partial charge in [-0.2, -0.15) is 0 Å². The Morgan fingerprint density at radius 3 is 2.77 bits per heavy atom. The van der Waals surface area contributed by atoms with E-state index in [0.717, 1.165) is 16.5 Å². The van der Waals surface area contributed by atoms with Gasteiger partial charge >= 0.3 is 0 Å². The Labute approximate surface area is 204 Å². The zero-order chi connectivity index (χ0) is 25.1. The van der Waals surface area contributed by atoms with E-state index in [2.05, 4.69) is 6.58 Å². The standard InChI is InChI=1S/C26H30N2O6Si/c1-5-26(31)15(2)34-14-20-21(26)11-23-24-18(12-28(23)25(20)30)19(13-33-8-9-35(3,4)32)17-10-16(29)6-7-22(17)27-24/h6-7,10-11,29,31-32H,2,5,8-9,12-14H2,1,3-4H3/t26-/m1/s1. The third-order valence-electron chi connectivity index (χ3n) is 7.06. The summed E-state index contributed by atoms with van der Waals surface area (Å²) in [5.74, 6) is 0.359. The molecule has 1 aromatic carbocycles. The van der Waals surface area contributed by atoms with Gasteiger partial charge in [-0.05, 0) is 55.4 Å². The van der Waals surface area contributed by atoms with E-state index in [9.17, 15) is 19.8 Å². The van der Waals surface area contributed by atoms with Crippen LogP contribution in [0.4, 0.5) is 0 Å². The summed E-state index contributed by atoms with van der Waals surface area (Å²) in [6.07, 6.45) is 0.322. The molecule has 5 rings (SSSR count). The van der Waals surface area contributed by atoms with Crippen molar-refractivity contribution in [3.05, 3.63) is 69.2 Å². The summed E-state index contributed by atoms with van der Waals surface area (Å²) in [5, 5.41) is 22.2. The molecule has 2 aliphatic heterocycles. The molecule has 0 aliphatic carbocycles. The molecule has 0 bridgehead atoms. The van der Waals surface area contributed by atoms with E-state index in [-0.39, 0.29) is 30.3 Å². The van der Waals surface area contributed by atoms with Crippen molar-refractivity contribution in [2.45, 2.75) is 57.8 Å². The predicted molar refractivity (Wildman–Crippen MR) is 134 cm³/mol. The zero-order valence-electron chi connectivity index (χ0n) is 20.2. The van der Waals surface area contributed by atoms with Gasteiger partial charge < -0.3 is 29.0 Å². The fourth-order valence-corrected chi connectivity index (χ4v) is 5.57. The van der Waals surface area contributed by atoms with Crippen molar-refractivity contribution in [3.63, 3.8) is 0 Å². The second-order valence-corrected chi connectivity index (χ2v) is 14.1. The molecule has 4 heterocycles. The highest BCUT2D eigenvalue weighted by Gasteiger charge is 2.41. The molecule has 2 aromatic heterocycles. The van der Waals surface area contributed by atoms with Crippen LogP contribution >= 0.6 is 0 Å². The molecule has 0 saturated carbocycles. The number of hydrogen-bond acceptors (Lipinski definition) is 7. The average Bonchev–Trinajstić information content (AvgIpc) is 3.17. The van der Waals surface area contributed by atoms with E-state index >= 15 is 0 Å². The summed E-state index contributed by atoms with van der Waals surface area (Å²) < 4.78 is 13.2. The van der Waals surface area contributed by atoms with Crippen LogP contribution in [0.1, 0.15) is 35.6 Å². The largest absolute Gasteiger partial charge is 0.508 e. The molecule has 1 atom stereocenters. The summed E-state index contributed by atoms with van der Waals surface area (Å²) in [7, 11) is -2.24. The molecule has 184 valence electrons. The maximum Gasteiger partial charge on any atom is 0.258 e. The number of aromatic hydroxyl groups is 1. The van der Waals surface area contributed by atoms with Crippen LogP contribution in [0.15, 0.2) is 41.4 Å². The number of fused-ring (bicyclic) bond motifs is 5. The molecule has 8 nitrogen and oxygen atoms in total. The van der Waals surface area contributed by atoms with Gasteiger partial charge in [-0.15, -0.1) is 0 Å².